The fourth-order valence-corrected chi connectivity index (χ4v) is 3.07. The van der Waals surface area contributed by atoms with Gasteiger partial charge in [0.2, 0.25) is 5.88 Å². The molecule has 0 spiro atoms. The van der Waals surface area contributed by atoms with Gasteiger partial charge in [0.15, 0.2) is 5.69 Å². The molecule has 4 rings (SSSR count). The van der Waals surface area contributed by atoms with E-state index < -0.39 is 0 Å². The summed E-state index contributed by atoms with van der Waals surface area (Å²) in [6.07, 6.45) is 3.37. The van der Waals surface area contributed by atoms with E-state index in [1.807, 2.05) is 18.2 Å². The summed E-state index contributed by atoms with van der Waals surface area (Å²) in [6.45, 7) is 3.64. The van der Waals surface area contributed by atoms with Crippen LogP contribution in [-0.4, -0.2) is 27.6 Å². The molecule has 2 aromatic heterocycles. The van der Waals surface area contributed by atoms with Gasteiger partial charge in [-0.15, -0.1) is 0 Å². The summed E-state index contributed by atoms with van der Waals surface area (Å²) in [7, 11) is 0. The Morgan fingerprint density at radius 2 is 2.22 bits per heavy atom. The molecule has 27 heavy (non-hydrogen) atoms. The number of anilines is 1. The third-order valence-electron chi connectivity index (χ3n) is 4.54. The molecule has 0 bridgehead atoms. The summed E-state index contributed by atoms with van der Waals surface area (Å²) in [5.41, 5.74) is 4.18. The van der Waals surface area contributed by atoms with E-state index >= 15 is 0 Å². The Balaban J connectivity index is 1.43. The highest BCUT2D eigenvalue weighted by atomic mass is 16.5. The zero-order chi connectivity index (χ0) is 18.6. The maximum atomic E-state index is 12.5. The number of nitrogens with zero attached hydrogens (tertiary/aromatic N) is 2. The molecule has 3 heterocycles. The van der Waals surface area contributed by atoms with Crippen LogP contribution in [0, 0.1) is 0 Å². The average Bonchev–Trinajstić information content (AvgIpc) is 3.14. The summed E-state index contributed by atoms with van der Waals surface area (Å²) in [5, 5.41) is 13.2. The number of hydrogen-bond donors (Lipinski definition) is 3. The predicted molar refractivity (Wildman–Crippen MR) is 102 cm³/mol. The van der Waals surface area contributed by atoms with Gasteiger partial charge in [-0.1, -0.05) is 19.1 Å². The van der Waals surface area contributed by atoms with E-state index in [0.717, 1.165) is 36.4 Å². The van der Waals surface area contributed by atoms with Crippen molar-refractivity contribution in [1.82, 2.24) is 20.5 Å². The van der Waals surface area contributed by atoms with Gasteiger partial charge in [0, 0.05) is 36.8 Å². The topological polar surface area (TPSA) is 91.9 Å². The molecule has 0 aliphatic carbocycles. The number of rotatable bonds is 5. The van der Waals surface area contributed by atoms with E-state index in [-0.39, 0.29) is 5.91 Å². The molecule has 0 saturated carbocycles. The van der Waals surface area contributed by atoms with Crippen LogP contribution < -0.4 is 15.4 Å². The van der Waals surface area contributed by atoms with E-state index in [2.05, 4.69) is 38.8 Å². The first kappa shape index (κ1) is 17.2. The number of hydrogen-bond acceptors (Lipinski definition) is 5. The van der Waals surface area contributed by atoms with Crippen LogP contribution in [0.5, 0.6) is 11.6 Å². The van der Waals surface area contributed by atoms with E-state index in [4.69, 9.17) is 4.74 Å². The Morgan fingerprint density at radius 1 is 1.30 bits per heavy atom. The number of aromatic nitrogens is 3. The van der Waals surface area contributed by atoms with Crippen LogP contribution >= 0.6 is 0 Å². The van der Waals surface area contributed by atoms with Gasteiger partial charge in [-0.3, -0.25) is 9.89 Å². The van der Waals surface area contributed by atoms with Crippen molar-refractivity contribution in [3.8, 4) is 11.6 Å². The SMILES string of the molecule is CCc1cccc(Oc2ccc(NC(=O)c3n[nH]c4c3CNCC4)cn2)c1. The van der Waals surface area contributed by atoms with Crippen LogP contribution in [0.3, 0.4) is 0 Å². The highest BCUT2D eigenvalue weighted by Crippen LogP contribution is 2.22. The first-order valence-corrected chi connectivity index (χ1v) is 9.04. The molecular weight excluding hydrogens is 342 g/mol. The highest BCUT2D eigenvalue weighted by molar-refractivity contribution is 6.04. The Bertz CT molecular complexity index is 949. The van der Waals surface area contributed by atoms with Gasteiger partial charge >= 0.3 is 0 Å². The lowest BCUT2D eigenvalue weighted by molar-refractivity contribution is 0.102. The van der Waals surface area contributed by atoms with Crippen LogP contribution in [0.15, 0.2) is 42.6 Å². The zero-order valence-electron chi connectivity index (χ0n) is 15.1. The Labute approximate surface area is 157 Å². The Hall–Kier alpha value is -3.19. The van der Waals surface area contributed by atoms with Gasteiger partial charge in [0.25, 0.3) is 5.91 Å². The molecule has 0 atom stereocenters. The minimum Gasteiger partial charge on any atom is -0.439 e. The molecule has 7 nitrogen and oxygen atoms in total. The van der Waals surface area contributed by atoms with Gasteiger partial charge in [-0.25, -0.2) is 4.98 Å². The number of pyridine rings is 1. The average molecular weight is 363 g/mol. The molecule has 1 aromatic carbocycles. The molecule has 1 aliphatic rings. The second-order valence-electron chi connectivity index (χ2n) is 6.40. The molecule has 0 fully saturated rings. The van der Waals surface area contributed by atoms with Gasteiger partial charge in [0.05, 0.1) is 11.9 Å². The first-order chi connectivity index (χ1) is 13.2. The number of aromatic amines is 1. The van der Waals surface area contributed by atoms with Crippen molar-refractivity contribution in [3.63, 3.8) is 0 Å². The number of benzene rings is 1. The van der Waals surface area contributed by atoms with Crippen LogP contribution in [-0.2, 0) is 19.4 Å². The van der Waals surface area contributed by atoms with E-state index in [1.165, 1.54) is 5.56 Å². The van der Waals surface area contributed by atoms with Crippen LogP contribution in [0.4, 0.5) is 5.69 Å². The summed E-state index contributed by atoms with van der Waals surface area (Å²) in [4.78, 5) is 16.8. The van der Waals surface area contributed by atoms with Gasteiger partial charge in [0.1, 0.15) is 5.75 Å². The molecular formula is C20H21N5O2. The fraction of sp³-hybridized carbons (Fsp3) is 0.250. The fourth-order valence-electron chi connectivity index (χ4n) is 3.07. The quantitative estimate of drug-likeness (QED) is 0.648. The first-order valence-electron chi connectivity index (χ1n) is 9.04. The molecule has 3 aromatic rings. The van der Waals surface area contributed by atoms with Crippen molar-refractivity contribution in [3.05, 3.63) is 65.1 Å². The normalized spacial score (nSPS) is 13.1. The number of amides is 1. The van der Waals surface area contributed by atoms with E-state index in [1.54, 1.807) is 18.3 Å². The summed E-state index contributed by atoms with van der Waals surface area (Å²) in [6, 6.07) is 11.4. The van der Waals surface area contributed by atoms with Gasteiger partial charge < -0.3 is 15.4 Å². The van der Waals surface area contributed by atoms with Crippen molar-refractivity contribution in [2.75, 3.05) is 11.9 Å². The van der Waals surface area contributed by atoms with Gasteiger partial charge in [-0.05, 0) is 30.2 Å². The summed E-state index contributed by atoms with van der Waals surface area (Å²) < 4.78 is 5.78. The zero-order valence-corrected chi connectivity index (χ0v) is 15.1. The number of aryl methyl sites for hydroxylation is 1. The lowest BCUT2D eigenvalue weighted by Gasteiger charge is -2.13. The van der Waals surface area contributed by atoms with Crippen molar-refractivity contribution in [1.29, 1.82) is 0 Å². The summed E-state index contributed by atoms with van der Waals surface area (Å²) in [5.74, 6) is 0.971. The van der Waals surface area contributed by atoms with Crippen molar-refractivity contribution in [2.45, 2.75) is 26.3 Å². The predicted octanol–water partition coefficient (Wildman–Crippen LogP) is 3.06. The number of carbonyl (C=O) groups excluding carboxylic acids is 1. The third kappa shape index (κ3) is 3.83. The van der Waals surface area contributed by atoms with E-state index in [9.17, 15) is 4.79 Å². The molecule has 138 valence electrons. The van der Waals surface area contributed by atoms with Crippen LogP contribution in [0.25, 0.3) is 0 Å². The maximum absolute atomic E-state index is 12.5. The van der Waals surface area contributed by atoms with Gasteiger partial charge in [-0.2, -0.15) is 5.10 Å². The monoisotopic (exact) mass is 363 g/mol. The largest absolute Gasteiger partial charge is 0.439 e. The summed E-state index contributed by atoms with van der Waals surface area (Å²) >= 11 is 0. The molecule has 0 radical (unpaired) electrons. The van der Waals surface area contributed by atoms with Crippen molar-refractivity contribution < 1.29 is 9.53 Å². The van der Waals surface area contributed by atoms with Crippen LogP contribution in [0.2, 0.25) is 0 Å². The second kappa shape index (κ2) is 7.59. The molecule has 1 amide bonds. The van der Waals surface area contributed by atoms with Crippen molar-refractivity contribution in [2.24, 2.45) is 0 Å². The molecule has 0 unspecified atom stereocenters. The molecule has 0 saturated heterocycles. The number of H-pyrrole nitrogens is 1. The Morgan fingerprint density at radius 3 is 3.04 bits per heavy atom. The molecule has 7 heteroatoms. The van der Waals surface area contributed by atoms with Crippen LogP contribution in [0.1, 0.15) is 34.2 Å². The molecule has 1 aliphatic heterocycles. The number of carbonyl (C=O) groups is 1. The minimum atomic E-state index is -0.248. The lowest BCUT2D eigenvalue weighted by atomic mass is 10.1. The lowest BCUT2D eigenvalue weighted by Crippen LogP contribution is -2.25. The van der Waals surface area contributed by atoms with Crippen molar-refractivity contribution >= 4 is 11.6 Å². The molecule has 3 N–H and O–H groups in total. The maximum Gasteiger partial charge on any atom is 0.276 e. The number of ether oxygens (including phenoxy) is 1. The standard InChI is InChI=1S/C20H21N5O2/c1-2-13-4-3-5-15(10-13)27-18-7-6-14(11-22-18)23-20(26)19-16-12-21-9-8-17(16)24-25-19/h3-7,10-11,21H,2,8-9,12H2,1H3,(H,23,26)(H,24,25). The highest BCUT2D eigenvalue weighted by Gasteiger charge is 2.21. The van der Waals surface area contributed by atoms with E-state index in [0.29, 0.717) is 23.8 Å². The number of fused-ring (bicyclic) bond motifs is 1. The minimum absolute atomic E-state index is 0.248. The second-order valence-corrected chi connectivity index (χ2v) is 6.40. The Kier molecular flexibility index (Phi) is 4.84. The third-order valence-corrected chi connectivity index (χ3v) is 4.54. The smallest absolute Gasteiger partial charge is 0.276 e. The number of nitrogens with one attached hydrogen (secondary N) is 3.